The third kappa shape index (κ3) is 3.61. The molecule has 0 saturated carbocycles. The molecule has 2 aromatic carbocycles. The quantitative estimate of drug-likeness (QED) is 0.763. The fourth-order valence-electron chi connectivity index (χ4n) is 2.11. The zero-order valence-electron chi connectivity index (χ0n) is 12.8. The van der Waals surface area contributed by atoms with E-state index in [0.717, 1.165) is 0 Å². The summed E-state index contributed by atoms with van der Waals surface area (Å²) in [7, 11) is 0. The van der Waals surface area contributed by atoms with Crippen molar-refractivity contribution in [3.05, 3.63) is 60.4 Å². The Bertz CT molecular complexity index is 859. The van der Waals surface area contributed by atoms with Crippen LogP contribution in [0.4, 0.5) is 11.4 Å². The predicted molar refractivity (Wildman–Crippen MR) is 87.9 cm³/mol. The number of nitrogens with zero attached hydrogens (tertiary/aromatic N) is 4. The number of benzene rings is 2. The summed E-state index contributed by atoms with van der Waals surface area (Å²) in [5.41, 5.74) is 2.46. The molecular weight excluding hydrogens is 308 g/mol. The molecule has 8 heteroatoms. The number of hydrogen-bond acceptors (Lipinski definition) is 5. The molecule has 8 nitrogen and oxygen atoms in total. The minimum absolute atomic E-state index is 0.147. The second-order valence-electron chi connectivity index (χ2n) is 5.02. The van der Waals surface area contributed by atoms with Gasteiger partial charge in [-0.25, -0.2) is 4.68 Å². The fraction of sp³-hybridized carbons (Fsp3) is 0.0625. The van der Waals surface area contributed by atoms with Crippen molar-refractivity contribution in [3.63, 3.8) is 0 Å². The van der Waals surface area contributed by atoms with E-state index in [2.05, 4.69) is 26.2 Å². The molecule has 0 aliphatic carbocycles. The maximum atomic E-state index is 12.4. The summed E-state index contributed by atoms with van der Waals surface area (Å²) in [6.07, 6.45) is 1.46. The molecule has 120 valence electrons. The van der Waals surface area contributed by atoms with Crippen LogP contribution in [0.2, 0.25) is 0 Å². The number of aromatic nitrogens is 4. The summed E-state index contributed by atoms with van der Waals surface area (Å²) in [5, 5.41) is 16.4. The monoisotopic (exact) mass is 322 g/mol. The minimum atomic E-state index is -0.253. The van der Waals surface area contributed by atoms with Crippen LogP contribution in [0.25, 0.3) is 5.69 Å². The summed E-state index contributed by atoms with van der Waals surface area (Å²) in [6.45, 7) is 1.44. The lowest BCUT2D eigenvalue weighted by molar-refractivity contribution is -0.114. The molecule has 0 aliphatic heterocycles. The maximum absolute atomic E-state index is 12.4. The zero-order valence-corrected chi connectivity index (χ0v) is 12.8. The Morgan fingerprint density at radius 3 is 2.33 bits per heavy atom. The van der Waals surface area contributed by atoms with E-state index in [1.807, 2.05) is 0 Å². The molecule has 0 bridgehead atoms. The number of tetrazole rings is 1. The van der Waals surface area contributed by atoms with Gasteiger partial charge in [-0.2, -0.15) is 0 Å². The molecule has 3 aromatic rings. The fourth-order valence-corrected chi connectivity index (χ4v) is 2.11. The number of carbonyl (C=O) groups excluding carboxylic acids is 2. The number of hydrogen-bond donors (Lipinski definition) is 2. The van der Waals surface area contributed by atoms with Crippen molar-refractivity contribution in [1.29, 1.82) is 0 Å². The molecule has 0 fully saturated rings. The molecule has 2 N–H and O–H groups in total. The van der Waals surface area contributed by atoms with Crippen LogP contribution in [0.15, 0.2) is 54.9 Å². The van der Waals surface area contributed by atoms with Crippen LogP contribution >= 0.6 is 0 Å². The summed E-state index contributed by atoms with van der Waals surface area (Å²) >= 11 is 0. The molecule has 0 atom stereocenters. The number of anilines is 2. The van der Waals surface area contributed by atoms with Crippen LogP contribution in [-0.2, 0) is 4.79 Å². The van der Waals surface area contributed by atoms with E-state index in [4.69, 9.17) is 0 Å². The van der Waals surface area contributed by atoms with Gasteiger partial charge in [0.2, 0.25) is 5.91 Å². The van der Waals surface area contributed by atoms with Crippen molar-refractivity contribution in [2.45, 2.75) is 6.92 Å². The Morgan fingerprint density at radius 2 is 1.71 bits per heavy atom. The molecular formula is C16H14N6O2. The van der Waals surface area contributed by atoms with E-state index in [1.54, 1.807) is 48.5 Å². The lowest BCUT2D eigenvalue weighted by Crippen LogP contribution is -2.12. The predicted octanol–water partition coefficient (Wildman–Crippen LogP) is 1.87. The highest BCUT2D eigenvalue weighted by Crippen LogP contribution is 2.15. The van der Waals surface area contributed by atoms with E-state index < -0.39 is 0 Å². The second-order valence-corrected chi connectivity index (χ2v) is 5.02. The van der Waals surface area contributed by atoms with Crippen LogP contribution in [-0.4, -0.2) is 32.0 Å². The van der Waals surface area contributed by atoms with Gasteiger partial charge in [0.25, 0.3) is 5.91 Å². The topological polar surface area (TPSA) is 102 Å². The van der Waals surface area contributed by atoms with Gasteiger partial charge in [0.15, 0.2) is 0 Å². The van der Waals surface area contributed by atoms with Gasteiger partial charge < -0.3 is 10.6 Å². The van der Waals surface area contributed by atoms with Gasteiger partial charge in [0.05, 0.1) is 5.69 Å². The van der Waals surface area contributed by atoms with E-state index in [1.165, 1.54) is 17.9 Å². The smallest absolute Gasteiger partial charge is 0.255 e. The molecule has 24 heavy (non-hydrogen) atoms. The Hall–Kier alpha value is -3.55. The van der Waals surface area contributed by atoms with Gasteiger partial charge in [0, 0.05) is 23.9 Å². The number of carbonyl (C=O) groups is 2. The third-order valence-corrected chi connectivity index (χ3v) is 3.19. The van der Waals surface area contributed by atoms with E-state index in [-0.39, 0.29) is 11.8 Å². The first kappa shape index (κ1) is 15.3. The Kier molecular flexibility index (Phi) is 4.28. The highest BCUT2D eigenvalue weighted by atomic mass is 16.2. The molecule has 0 saturated heterocycles. The lowest BCUT2D eigenvalue weighted by atomic mass is 10.2. The summed E-state index contributed by atoms with van der Waals surface area (Å²) in [5.74, 6) is -0.400. The van der Waals surface area contributed by atoms with Crippen molar-refractivity contribution >= 4 is 23.2 Å². The van der Waals surface area contributed by atoms with Gasteiger partial charge in [-0.1, -0.05) is 6.07 Å². The van der Waals surface area contributed by atoms with Gasteiger partial charge in [-0.05, 0) is 52.9 Å². The van der Waals surface area contributed by atoms with Crippen LogP contribution in [0.3, 0.4) is 0 Å². The van der Waals surface area contributed by atoms with Crippen molar-refractivity contribution in [2.75, 3.05) is 10.6 Å². The summed E-state index contributed by atoms with van der Waals surface area (Å²) in [6, 6.07) is 13.8. The number of nitrogens with one attached hydrogen (secondary N) is 2. The van der Waals surface area contributed by atoms with Gasteiger partial charge >= 0.3 is 0 Å². The van der Waals surface area contributed by atoms with E-state index >= 15 is 0 Å². The summed E-state index contributed by atoms with van der Waals surface area (Å²) in [4.78, 5) is 23.4. The molecule has 2 amide bonds. The number of rotatable bonds is 4. The van der Waals surface area contributed by atoms with Crippen molar-refractivity contribution in [1.82, 2.24) is 20.2 Å². The Morgan fingerprint density at radius 1 is 1.00 bits per heavy atom. The first-order valence-electron chi connectivity index (χ1n) is 7.14. The molecule has 3 rings (SSSR count). The van der Waals surface area contributed by atoms with Crippen molar-refractivity contribution in [3.8, 4) is 5.69 Å². The zero-order chi connectivity index (χ0) is 16.9. The molecule has 0 radical (unpaired) electrons. The average molecular weight is 322 g/mol. The lowest BCUT2D eigenvalue weighted by Gasteiger charge is -2.08. The first-order chi connectivity index (χ1) is 11.6. The highest BCUT2D eigenvalue weighted by Gasteiger charge is 2.08. The Labute approximate surface area is 137 Å². The molecule has 0 unspecified atom stereocenters. The first-order valence-corrected chi connectivity index (χ1v) is 7.14. The van der Waals surface area contributed by atoms with Crippen molar-refractivity contribution in [2.24, 2.45) is 0 Å². The summed E-state index contributed by atoms with van der Waals surface area (Å²) < 4.78 is 1.47. The SMILES string of the molecule is CC(=O)Nc1ccc(NC(=O)c2cccc(-n3cnnn3)c2)cc1. The van der Waals surface area contributed by atoms with Crippen molar-refractivity contribution < 1.29 is 9.59 Å². The molecule has 0 aliphatic rings. The third-order valence-electron chi connectivity index (χ3n) is 3.19. The van der Waals surface area contributed by atoms with Gasteiger partial charge in [0.1, 0.15) is 6.33 Å². The standard InChI is InChI=1S/C16H14N6O2/c1-11(23)18-13-5-7-14(8-6-13)19-16(24)12-3-2-4-15(9-12)22-10-17-20-21-22/h2-10H,1H3,(H,18,23)(H,19,24). The average Bonchev–Trinajstić information content (AvgIpc) is 3.11. The van der Waals surface area contributed by atoms with E-state index in [9.17, 15) is 9.59 Å². The van der Waals surface area contributed by atoms with Crippen LogP contribution < -0.4 is 10.6 Å². The van der Waals surface area contributed by atoms with Gasteiger partial charge in [-0.15, -0.1) is 5.10 Å². The molecule has 0 spiro atoms. The molecule has 1 heterocycles. The Balaban J connectivity index is 1.73. The van der Waals surface area contributed by atoms with Gasteiger partial charge in [-0.3, -0.25) is 9.59 Å². The minimum Gasteiger partial charge on any atom is -0.326 e. The highest BCUT2D eigenvalue weighted by molar-refractivity contribution is 6.04. The molecule has 1 aromatic heterocycles. The second kappa shape index (κ2) is 6.69. The van der Waals surface area contributed by atoms with E-state index in [0.29, 0.717) is 22.6 Å². The largest absolute Gasteiger partial charge is 0.326 e. The van der Waals surface area contributed by atoms with Crippen LogP contribution in [0.5, 0.6) is 0 Å². The van der Waals surface area contributed by atoms with Crippen LogP contribution in [0.1, 0.15) is 17.3 Å². The number of amides is 2. The van der Waals surface area contributed by atoms with Crippen LogP contribution in [0, 0.1) is 0 Å². The normalized spacial score (nSPS) is 10.2. The maximum Gasteiger partial charge on any atom is 0.255 e.